The van der Waals surface area contributed by atoms with Crippen molar-refractivity contribution < 1.29 is 17.9 Å². The first kappa shape index (κ1) is 15.1. The molecule has 0 saturated heterocycles. The summed E-state index contributed by atoms with van der Waals surface area (Å²) in [5, 5.41) is 0. The van der Waals surface area contributed by atoms with Crippen LogP contribution in [0.2, 0.25) is 0 Å². The summed E-state index contributed by atoms with van der Waals surface area (Å²) in [4.78, 5) is 12.3. The van der Waals surface area contributed by atoms with Gasteiger partial charge in [-0.05, 0) is 32.4 Å². The molecule has 3 rings (SSSR count). The maximum Gasteiger partial charge on any atom is 0.311 e. The second kappa shape index (κ2) is 4.84. The Hall–Kier alpha value is -1.82. The molecule has 0 spiro atoms. The molecule has 2 atom stereocenters. The lowest BCUT2D eigenvalue weighted by Gasteiger charge is -2.35. The number of benzene rings is 1. The molecule has 2 heterocycles. The number of rotatable bonds is 2. The first-order chi connectivity index (χ1) is 10.2. The lowest BCUT2D eigenvalue weighted by molar-refractivity contribution is -0.154. The van der Waals surface area contributed by atoms with Crippen molar-refractivity contribution in [2.45, 2.75) is 37.6 Å². The van der Waals surface area contributed by atoms with E-state index in [1.165, 1.54) is 4.31 Å². The number of carbonyl (C=O) groups excluding carboxylic acids is 1. The summed E-state index contributed by atoms with van der Waals surface area (Å²) in [7, 11) is -3.57. The van der Waals surface area contributed by atoms with Crippen LogP contribution in [-0.2, 0) is 19.6 Å². The van der Waals surface area contributed by atoms with Gasteiger partial charge in [-0.1, -0.05) is 24.3 Å². The SMILES string of the molecule is CC(C)(C)C(=O)OC[C@@H]1[C@H]2C=CN1S(=O)(=O)c1ccccc12. The van der Waals surface area contributed by atoms with E-state index in [9.17, 15) is 13.2 Å². The summed E-state index contributed by atoms with van der Waals surface area (Å²) in [6.45, 7) is 5.38. The van der Waals surface area contributed by atoms with Crippen LogP contribution in [0.15, 0.2) is 41.4 Å². The Morgan fingerprint density at radius 3 is 2.64 bits per heavy atom. The normalized spacial score (nSPS) is 25.0. The van der Waals surface area contributed by atoms with Crippen molar-refractivity contribution in [1.29, 1.82) is 0 Å². The van der Waals surface area contributed by atoms with Gasteiger partial charge in [-0.25, -0.2) is 8.42 Å². The average molecular weight is 321 g/mol. The molecule has 118 valence electrons. The van der Waals surface area contributed by atoms with E-state index in [0.717, 1.165) is 5.56 Å². The van der Waals surface area contributed by atoms with Crippen molar-refractivity contribution in [3.8, 4) is 0 Å². The number of nitrogens with zero attached hydrogens (tertiary/aromatic N) is 1. The second-order valence-corrected chi connectivity index (χ2v) is 8.47. The zero-order valence-electron chi connectivity index (χ0n) is 12.8. The van der Waals surface area contributed by atoms with Crippen LogP contribution in [-0.4, -0.2) is 31.3 Å². The van der Waals surface area contributed by atoms with Gasteiger partial charge >= 0.3 is 5.97 Å². The fraction of sp³-hybridized carbons (Fsp3) is 0.438. The Labute approximate surface area is 130 Å². The third-order valence-electron chi connectivity index (χ3n) is 4.01. The molecule has 1 aromatic carbocycles. The van der Waals surface area contributed by atoms with Gasteiger partial charge in [0.15, 0.2) is 0 Å². The highest BCUT2D eigenvalue weighted by atomic mass is 32.2. The minimum absolute atomic E-state index is 0.0569. The van der Waals surface area contributed by atoms with E-state index in [2.05, 4.69) is 0 Å². The Bertz CT molecular complexity index is 746. The van der Waals surface area contributed by atoms with Crippen LogP contribution in [0.3, 0.4) is 0 Å². The molecule has 6 heteroatoms. The van der Waals surface area contributed by atoms with Crippen LogP contribution in [0.25, 0.3) is 0 Å². The molecule has 0 fully saturated rings. The molecule has 5 nitrogen and oxygen atoms in total. The summed E-state index contributed by atoms with van der Waals surface area (Å²) < 4.78 is 32.0. The minimum atomic E-state index is -3.57. The van der Waals surface area contributed by atoms with Crippen molar-refractivity contribution in [1.82, 2.24) is 4.31 Å². The van der Waals surface area contributed by atoms with Crippen molar-refractivity contribution >= 4 is 16.0 Å². The number of sulfonamides is 1. The third kappa shape index (κ3) is 2.22. The molecular weight excluding hydrogens is 302 g/mol. The fourth-order valence-corrected chi connectivity index (χ4v) is 4.56. The van der Waals surface area contributed by atoms with Crippen LogP contribution in [0.1, 0.15) is 32.3 Å². The standard InChI is InChI=1S/C16H19NO4S/c1-16(2,3)15(18)21-10-13-11-8-9-17(13)22(19,20)14-7-5-4-6-12(11)14/h4-9,11,13H,10H2,1-3H3/t11-,13+/m0/s1. The van der Waals surface area contributed by atoms with Gasteiger partial charge in [-0.15, -0.1) is 0 Å². The van der Waals surface area contributed by atoms with Gasteiger partial charge in [-0.3, -0.25) is 9.10 Å². The molecule has 2 aliphatic heterocycles. The van der Waals surface area contributed by atoms with Gasteiger partial charge in [0.05, 0.1) is 16.4 Å². The zero-order chi connectivity index (χ0) is 16.1. The maximum absolute atomic E-state index is 12.6. The van der Waals surface area contributed by atoms with E-state index < -0.39 is 21.5 Å². The lowest BCUT2D eigenvalue weighted by atomic mass is 9.93. The first-order valence-corrected chi connectivity index (χ1v) is 8.65. The summed E-state index contributed by atoms with van der Waals surface area (Å²) in [5.74, 6) is -0.406. The molecular formula is C16H19NO4S. The van der Waals surface area contributed by atoms with E-state index in [0.29, 0.717) is 4.90 Å². The molecule has 0 unspecified atom stereocenters. The summed E-state index contributed by atoms with van der Waals surface area (Å²) in [6, 6.07) is 6.59. The highest BCUT2D eigenvalue weighted by Gasteiger charge is 2.45. The van der Waals surface area contributed by atoms with Crippen molar-refractivity contribution in [3.05, 3.63) is 42.1 Å². The molecule has 0 radical (unpaired) electrons. The molecule has 2 aliphatic rings. The largest absolute Gasteiger partial charge is 0.463 e. The number of carbonyl (C=O) groups is 1. The lowest BCUT2D eigenvalue weighted by Crippen LogP contribution is -2.44. The first-order valence-electron chi connectivity index (χ1n) is 7.21. The topological polar surface area (TPSA) is 63.7 Å². The molecule has 2 bridgehead atoms. The van der Waals surface area contributed by atoms with E-state index in [1.807, 2.05) is 18.2 Å². The zero-order valence-corrected chi connectivity index (χ0v) is 13.6. The summed E-state index contributed by atoms with van der Waals surface area (Å²) in [6.07, 6.45) is 3.44. The highest BCUT2D eigenvalue weighted by molar-refractivity contribution is 7.89. The monoisotopic (exact) mass is 321 g/mol. The van der Waals surface area contributed by atoms with Crippen molar-refractivity contribution in [3.63, 3.8) is 0 Å². The van der Waals surface area contributed by atoms with E-state index >= 15 is 0 Å². The van der Waals surface area contributed by atoms with Crippen LogP contribution >= 0.6 is 0 Å². The molecule has 0 amide bonds. The van der Waals surface area contributed by atoms with Gasteiger partial charge in [-0.2, -0.15) is 0 Å². The van der Waals surface area contributed by atoms with Crippen molar-refractivity contribution in [2.24, 2.45) is 5.41 Å². The van der Waals surface area contributed by atoms with E-state index in [1.54, 1.807) is 39.1 Å². The second-order valence-electron chi connectivity index (χ2n) is 6.66. The quantitative estimate of drug-likeness (QED) is 0.784. The number of esters is 1. The van der Waals surface area contributed by atoms with Crippen LogP contribution in [0.4, 0.5) is 0 Å². The molecule has 0 aliphatic carbocycles. The number of hydrogen-bond acceptors (Lipinski definition) is 4. The van der Waals surface area contributed by atoms with Gasteiger partial charge in [0.1, 0.15) is 6.61 Å². The highest BCUT2D eigenvalue weighted by Crippen LogP contribution is 2.43. The maximum atomic E-state index is 12.6. The van der Waals surface area contributed by atoms with E-state index in [-0.39, 0.29) is 18.5 Å². The van der Waals surface area contributed by atoms with Crippen LogP contribution in [0.5, 0.6) is 0 Å². The van der Waals surface area contributed by atoms with Gasteiger partial charge in [0.25, 0.3) is 10.0 Å². The Balaban J connectivity index is 1.90. The molecule has 1 aromatic rings. The molecule has 0 aromatic heterocycles. The Morgan fingerprint density at radius 1 is 1.27 bits per heavy atom. The molecule has 22 heavy (non-hydrogen) atoms. The van der Waals surface area contributed by atoms with Crippen molar-refractivity contribution in [2.75, 3.05) is 6.61 Å². The number of hydrogen-bond donors (Lipinski definition) is 0. The van der Waals surface area contributed by atoms with E-state index in [4.69, 9.17) is 4.74 Å². The Kier molecular flexibility index (Phi) is 3.32. The number of ether oxygens (including phenoxy) is 1. The summed E-state index contributed by atoms with van der Waals surface area (Å²) >= 11 is 0. The van der Waals surface area contributed by atoms with Gasteiger partial charge in [0, 0.05) is 12.1 Å². The smallest absolute Gasteiger partial charge is 0.311 e. The van der Waals surface area contributed by atoms with Gasteiger partial charge < -0.3 is 4.74 Å². The van der Waals surface area contributed by atoms with Gasteiger partial charge in [0.2, 0.25) is 0 Å². The summed E-state index contributed by atoms with van der Waals surface area (Å²) in [5.41, 5.74) is 0.164. The predicted octanol–water partition coefficient (Wildman–Crippen LogP) is 2.26. The van der Waals surface area contributed by atoms with Crippen LogP contribution in [0, 0.1) is 5.41 Å². The fourth-order valence-electron chi connectivity index (χ4n) is 2.80. The molecule has 0 N–H and O–H groups in total. The molecule has 0 saturated carbocycles. The predicted molar refractivity (Wildman–Crippen MR) is 81.5 cm³/mol. The average Bonchev–Trinajstić information content (AvgIpc) is 2.83. The minimum Gasteiger partial charge on any atom is -0.463 e. The van der Waals surface area contributed by atoms with Crippen LogP contribution < -0.4 is 0 Å². The Morgan fingerprint density at radius 2 is 1.95 bits per heavy atom. The number of fused-ring (bicyclic) bond motifs is 4. The third-order valence-corrected chi connectivity index (χ3v) is 5.89.